The Balaban J connectivity index is 1.12. The summed E-state index contributed by atoms with van der Waals surface area (Å²) in [5, 5.41) is 8.09. The minimum absolute atomic E-state index is 0.0539. The van der Waals surface area contributed by atoms with E-state index in [1.54, 1.807) is 0 Å². The molecule has 0 N–H and O–H groups in total. The molecule has 0 bridgehead atoms. The number of rotatable bonds is 2. The van der Waals surface area contributed by atoms with E-state index < -0.39 is 6.04 Å². The molecule has 2 aliphatic rings. The van der Waals surface area contributed by atoms with Crippen molar-refractivity contribution in [3.63, 3.8) is 0 Å². The lowest BCUT2D eigenvalue weighted by atomic mass is 9.85. The van der Waals surface area contributed by atoms with Gasteiger partial charge in [-0.2, -0.15) is 0 Å². The van der Waals surface area contributed by atoms with Crippen molar-refractivity contribution < 1.29 is 9.47 Å². The predicted molar refractivity (Wildman–Crippen MR) is 227 cm³/mol. The molecule has 0 aliphatic carbocycles. The third-order valence-electron chi connectivity index (χ3n) is 11.1. The molecule has 0 saturated carbocycles. The van der Waals surface area contributed by atoms with Gasteiger partial charge >= 0.3 is 0 Å². The van der Waals surface area contributed by atoms with Crippen molar-refractivity contribution in [3.8, 4) is 39.8 Å². The van der Waals surface area contributed by atoms with Crippen molar-refractivity contribution in [1.82, 2.24) is 4.57 Å². The average molecular weight is 726 g/mol. The molecule has 260 valence electrons. The second kappa shape index (κ2) is 11.2. The summed E-state index contributed by atoms with van der Waals surface area (Å²) in [6, 6.07) is 45.7. The lowest BCUT2D eigenvalue weighted by molar-refractivity contribution is 0.467. The summed E-state index contributed by atoms with van der Waals surface area (Å²) in [7, 11) is 0. The van der Waals surface area contributed by atoms with Gasteiger partial charge in [0.15, 0.2) is 0 Å². The highest BCUT2D eigenvalue weighted by Gasteiger charge is 2.43. The normalized spacial score (nSPS) is 16.2. The SMILES string of the molecule is CC(C)(C)c1ccc2c(c1)c1cc(C(C)(C)C)ccc1n2-c1ccc(-c2cc3c4c(c2)Oc2ccc5ccccc5c2P4(=S)c2ccccc2O3)cc1. The van der Waals surface area contributed by atoms with E-state index in [0.717, 1.165) is 66.5 Å². The summed E-state index contributed by atoms with van der Waals surface area (Å²) in [4.78, 5) is 0. The Bertz CT molecular complexity index is 2800. The minimum Gasteiger partial charge on any atom is -0.456 e. The summed E-state index contributed by atoms with van der Waals surface area (Å²) >= 11 is 6.89. The standard InChI is InChI=1S/C48H40NO2PS/c1-47(2,3)32-18-22-38-36(27-32)37-28-33(48(4,5)6)19-23-39(37)49(38)34-20-15-29(16-21-34)31-25-42-46-43(26-31)51-41-24-17-30-11-7-8-12-35(30)45(41)52(46,53)44-14-10-9-13-40(44)50-42/h7-28H,1-6H3. The van der Waals surface area contributed by atoms with Gasteiger partial charge in [-0.05, 0) is 111 Å². The van der Waals surface area contributed by atoms with Gasteiger partial charge in [-0.15, -0.1) is 0 Å². The fourth-order valence-electron chi connectivity index (χ4n) is 8.29. The fraction of sp³-hybridized carbons (Fsp3) is 0.167. The van der Waals surface area contributed by atoms with Gasteiger partial charge in [0.2, 0.25) is 0 Å². The zero-order valence-electron chi connectivity index (χ0n) is 30.8. The van der Waals surface area contributed by atoms with Crippen LogP contribution < -0.4 is 25.4 Å². The van der Waals surface area contributed by atoms with Crippen LogP contribution in [0.2, 0.25) is 0 Å². The molecular weight excluding hydrogens is 686 g/mol. The maximum absolute atomic E-state index is 6.89. The van der Waals surface area contributed by atoms with Gasteiger partial charge in [0.05, 0.1) is 22.4 Å². The lowest BCUT2D eigenvalue weighted by Gasteiger charge is -2.38. The first-order valence-corrected chi connectivity index (χ1v) is 21.2. The van der Waals surface area contributed by atoms with Gasteiger partial charge in [-0.1, -0.05) is 120 Å². The number of para-hydroxylation sites is 1. The Morgan fingerprint density at radius 1 is 0.491 bits per heavy atom. The van der Waals surface area contributed by atoms with E-state index in [1.165, 1.54) is 32.9 Å². The number of ether oxygens (including phenoxy) is 2. The molecule has 3 nitrogen and oxygen atoms in total. The Morgan fingerprint density at radius 2 is 1.08 bits per heavy atom. The van der Waals surface area contributed by atoms with Crippen LogP contribution in [0.4, 0.5) is 0 Å². The van der Waals surface area contributed by atoms with E-state index in [2.05, 4.69) is 167 Å². The third kappa shape index (κ3) is 4.82. The van der Waals surface area contributed by atoms with Gasteiger partial charge < -0.3 is 14.0 Å². The minimum atomic E-state index is -2.51. The van der Waals surface area contributed by atoms with E-state index in [0.29, 0.717) is 0 Å². The molecule has 5 heteroatoms. The molecule has 1 unspecified atom stereocenters. The Hall–Kier alpha value is -5.15. The Labute approximate surface area is 315 Å². The first-order valence-electron chi connectivity index (χ1n) is 18.4. The maximum Gasteiger partial charge on any atom is 0.140 e. The van der Waals surface area contributed by atoms with Crippen LogP contribution in [-0.2, 0) is 22.6 Å². The number of hydrogen-bond acceptors (Lipinski definition) is 3. The van der Waals surface area contributed by atoms with Gasteiger partial charge in [0.25, 0.3) is 0 Å². The van der Waals surface area contributed by atoms with Crippen LogP contribution in [0.1, 0.15) is 52.7 Å². The molecular formula is C48H40NO2PS. The van der Waals surface area contributed by atoms with E-state index >= 15 is 0 Å². The van der Waals surface area contributed by atoms with Gasteiger partial charge in [-0.3, -0.25) is 0 Å². The second-order valence-electron chi connectivity index (χ2n) is 16.6. The zero-order valence-corrected chi connectivity index (χ0v) is 32.5. The summed E-state index contributed by atoms with van der Waals surface area (Å²) in [6.45, 7) is 13.7. The zero-order chi connectivity index (χ0) is 36.4. The monoisotopic (exact) mass is 725 g/mol. The van der Waals surface area contributed by atoms with E-state index in [1.807, 2.05) is 12.1 Å². The van der Waals surface area contributed by atoms with Crippen molar-refractivity contribution in [2.75, 3.05) is 0 Å². The van der Waals surface area contributed by atoms with Crippen LogP contribution in [0, 0.1) is 0 Å². The quantitative estimate of drug-likeness (QED) is 0.166. The van der Waals surface area contributed by atoms with Crippen molar-refractivity contribution in [2.45, 2.75) is 52.4 Å². The summed E-state index contributed by atoms with van der Waals surface area (Å²) < 4.78 is 15.9. The number of fused-ring (bicyclic) bond motifs is 9. The van der Waals surface area contributed by atoms with Crippen molar-refractivity contribution >= 4 is 66.3 Å². The number of nitrogens with zero attached hydrogens (tertiary/aromatic N) is 1. The molecule has 8 aromatic rings. The molecule has 0 amide bonds. The summed E-state index contributed by atoms with van der Waals surface area (Å²) in [5.74, 6) is 3.24. The molecule has 7 aromatic carbocycles. The molecule has 1 atom stereocenters. The summed E-state index contributed by atoms with van der Waals surface area (Å²) in [5.41, 5.74) is 8.44. The van der Waals surface area contributed by atoms with Crippen LogP contribution in [-0.4, -0.2) is 4.57 Å². The molecule has 0 fully saturated rings. The molecule has 0 radical (unpaired) electrons. The molecule has 0 saturated heterocycles. The summed E-state index contributed by atoms with van der Waals surface area (Å²) in [6.07, 6.45) is 0. The molecule has 53 heavy (non-hydrogen) atoms. The first-order chi connectivity index (χ1) is 25.4. The largest absolute Gasteiger partial charge is 0.456 e. The van der Waals surface area contributed by atoms with E-state index in [-0.39, 0.29) is 10.8 Å². The number of benzene rings is 7. The van der Waals surface area contributed by atoms with E-state index in [4.69, 9.17) is 21.3 Å². The Kier molecular flexibility index (Phi) is 6.86. The van der Waals surface area contributed by atoms with Crippen LogP contribution >= 0.6 is 6.04 Å². The van der Waals surface area contributed by atoms with Crippen LogP contribution in [0.15, 0.2) is 133 Å². The maximum atomic E-state index is 6.89. The van der Waals surface area contributed by atoms with Gasteiger partial charge in [0, 0.05) is 27.1 Å². The fourth-order valence-corrected chi connectivity index (χ4v) is 13.1. The molecule has 0 spiro atoms. The number of aromatic nitrogens is 1. The third-order valence-corrected chi connectivity index (χ3v) is 16.0. The highest BCUT2D eigenvalue weighted by atomic mass is 32.4. The predicted octanol–water partition coefficient (Wildman–Crippen LogP) is 12.2. The van der Waals surface area contributed by atoms with Gasteiger partial charge in [0.1, 0.15) is 23.0 Å². The lowest BCUT2D eigenvalue weighted by Crippen LogP contribution is -2.35. The van der Waals surface area contributed by atoms with Crippen LogP contribution in [0.5, 0.6) is 23.0 Å². The molecule has 3 heterocycles. The van der Waals surface area contributed by atoms with Crippen LogP contribution in [0.3, 0.4) is 0 Å². The Morgan fingerprint density at radius 3 is 1.72 bits per heavy atom. The second-order valence-corrected chi connectivity index (χ2v) is 20.8. The first kappa shape index (κ1) is 32.5. The van der Waals surface area contributed by atoms with Crippen molar-refractivity contribution in [2.24, 2.45) is 0 Å². The average Bonchev–Trinajstić information content (AvgIpc) is 3.47. The topological polar surface area (TPSA) is 23.4 Å². The van der Waals surface area contributed by atoms with Crippen LogP contribution in [0.25, 0.3) is 49.4 Å². The van der Waals surface area contributed by atoms with Crippen molar-refractivity contribution in [1.29, 1.82) is 0 Å². The van der Waals surface area contributed by atoms with E-state index in [9.17, 15) is 0 Å². The molecule has 10 rings (SSSR count). The smallest absolute Gasteiger partial charge is 0.140 e. The molecule has 2 aliphatic heterocycles. The van der Waals surface area contributed by atoms with Crippen molar-refractivity contribution in [3.05, 3.63) is 145 Å². The molecule has 1 aromatic heterocycles. The van der Waals surface area contributed by atoms with Gasteiger partial charge in [-0.25, -0.2) is 0 Å². The highest BCUT2D eigenvalue weighted by molar-refractivity contribution is 8.26. The number of hydrogen-bond donors (Lipinski definition) is 0. The highest BCUT2D eigenvalue weighted by Crippen LogP contribution is 2.60.